The van der Waals surface area contributed by atoms with E-state index in [0.717, 1.165) is 55.4 Å². The summed E-state index contributed by atoms with van der Waals surface area (Å²) < 4.78 is 0. The monoisotopic (exact) mass is 832 g/mol. The van der Waals surface area contributed by atoms with E-state index in [2.05, 4.69) is 158 Å². The maximum absolute atomic E-state index is 5.45. The van der Waals surface area contributed by atoms with Crippen LogP contribution in [0.4, 0.5) is 0 Å². The number of para-hydroxylation sites is 1. The second kappa shape index (κ2) is 14.6. The quantitative estimate of drug-likeness (QED) is 0.162. The molecule has 0 fully saturated rings. The van der Waals surface area contributed by atoms with Crippen LogP contribution in [0.3, 0.4) is 0 Å². The van der Waals surface area contributed by atoms with E-state index >= 15 is 0 Å². The van der Waals surface area contributed by atoms with Crippen molar-refractivity contribution in [3.8, 4) is 67.7 Å². The fourth-order valence-corrected chi connectivity index (χ4v) is 11.5. The molecule has 0 radical (unpaired) electrons. The van der Waals surface area contributed by atoms with Gasteiger partial charge in [0, 0.05) is 48.2 Å². The number of hydrogen-bond donors (Lipinski definition) is 0. The lowest BCUT2D eigenvalue weighted by Crippen LogP contribution is -2.32. The Balaban J connectivity index is 0.953. The van der Waals surface area contributed by atoms with Crippen LogP contribution in [0.2, 0.25) is 0 Å². The molecule has 1 aliphatic carbocycles. The standard InChI is InChI=1S/C59H36N4S/c1-3-16-38(17-4-1)56-61-57(39-18-5-2-6-19-39)63-58(62-56)40-32-30-37(31-33-40)41-20-15-21-42(36-41)54-46-34-35-50-55(53(46)45-24-9-13-28-51(45)60-54)64-52-29-14-12-27-49(52)59(50)47-25-10-7-22-43(47)44-23-8-11-26-48(44)59/h1-36H. The van der Waals surface area contributed by atoms with Crippen LogP contribution in [0.1, 0.15) is 22.3 Å². The van der Waals surface area contributed by atoms with Crippen molar-refractivity contribution >= 4 is 33.4 Å². The Kier molecular flexibility index (Phi) is 8.33. The molecule has 1 aliphatic heterocycles. The van der Waals surface area contributed by atoms with Gasteiger partial charge in [-0.15, -0.1) is 0 Å². The van der Waals surface area contributed by atoms with Crippen LogP contribution in [0.25, 0.3) is 89.4 Å². The number of benzene rings is 9. The Labute approximate surface area is 375 Å². The molecular weight excluding hydrogens is 797 g/mol. The molecule has 1 spiro atoms. The van der Waals surface area contributed by atoms with E-state index in [-0.39, 0.29) is 0 Å². The molecule has 0 bridgehead atoms. The zero-order valence-electron chi connectivity index (χ0n) is 34.5. The lowest BCUT2D eigenvalue weighted by atomic mass is 9.67. The predicted octanol–water partition coefficient (Wildman–Crippen LogP) is 14.7. The van der Waals surface area contributed by atoms with Gasteiger partial charge in [-0.05, 0) is 62.7 Å². The first-order valence-corrected chi connectivity index (χ1v) is 22.4. The van der Waals surface area contributed by atoms with Crippen molar-refractivity contribution in [2.45, 2.75) is 15.2 Å². The molecule has 298 valence electrons. The number of hydrogen-bond acceptors (Lipinski definition) is 5. The predicted molar refractivity (Wildman–Crippen MR) is 261 cm³/mol. The van der Waals surface area contributed by atoms with Gasteiger partial charge in [-0.3, -0.25) is 0 Å². The highest BCUT2D eigenvalue weighted by molar-refractivity contribution is 7.99. The number of pyridine rings is 1. The number of aromatic nitrogens is 4. The second-order valence-corrected chi connectivity index (χ2v) is 17.5. The van der Waals surface area contributed by atoms with Crippen molar-refractivity contribution in [2.75, 3.05) is 0 Å². The number of rotatable bonds is 5. The van der Waals surface area contributed by atoms with E-state index in [1.165, 1.54) is 48.6 Å². The summed E-state index contributed by atoms with van der Waals surface area (Å²) in [5.74, 6) is 1.93. The summed E-state index contributed by atoms with van der Waals surface area (Å²) in [4.78, 5) is 22.8. The third-order valence-electron chi connectivity index (χ3n) is 13.0. The second-order valence-electron chi connectivity index (χ2n) is 16.5. The van der Waals surface area contributed by atoms with Crippen LogP contribution >= 0.6 is 11.8 Å². The van der Waals surface area contributed by atoms with Gasteiger partial charge in [-0.2, -0.15) is 0 Å². The molecule has 2 aromatic heterocycles. The molecule has 3 heterocycles. The first-order chi connectivity index (χ1) is 31.7. The maximum atomic E-state index is 5.45. The largest absolute Gasteiger partial charge is 0.247 e. The van der Waals surface area contributed by atoms with Crippen molar-refractivity contribution in [2.24, 2.45) is 0 Å². The lowest BCUT2D eigenvalue weighted by Gasteiger charge is -2.40. The molecule has 5 heteroatoms. The molecule has 4 nitrogen and oxygen atoms in total. The first kappa shape index (κ1) is 36.6. The zero-order chi connectivity index (χ0) is 42.2. The highest BCUT2D eigenvalue weighted by atomic mass is 32.2. The van der Waals surface area contributed by atoms with Gasteiger partial charge in [0.15, 0.2) is 17.5 Å². The molecule has 64 heavy (non-hydrogen) atoms. The fraction of sp³-hybridized carbons (Fsp3) is 0.0169. The lowest BCUT2D eigenvalue weighted by molar-refractivity contribution is 0.726. The molecule has 0 atom stereocenters. The van der Waals surface area contributed by atoms with Crippen molar-refractivity contribution in [1.82, 2.24) is 19.9 Å². The smallest absolute Gasteiger partial charge is 0.164 e. The molecule has 0 amide bonds. The van der Waals surface area contributed by atoms with Crippen LogP contribution in [-0.4, -0.2) is 19.9 Å². The average molecular weight is 833 g/mol. The zero-order valence-corrected chi connectivity index (χ0v) is 35.3. The van der Waals surface area contributed by atoms with Gasteiger partial charge < -0.3 is 0 Å². The van der Waals surface area contributed by atoms with E-state index in [1.807, 2.05) is 72.4 Å². The fourth-order valence-electron chi connectivity index (χ4n) is 10.2. The molecule has 2 aliphatic rings. The summed E-state index contributed by atoms with van der Waals surface area (Å²) >= 11 is 1.90. The Hall–Kier alpha value is -7.99. The Bertz CT molecular complexity index is 3540. The van der Waals surface area contributed by atoms with E-state index in [9.17, 15) is 0 Å². The molecule has 9 aromatic carbocycles. The minimum atomic E-state index is -0.456. The molecule has 0 unspecified atom stereocenters. The van der Waals surface area contributed by atoms with Crippen LogP contribution in [0.15, 0.2) is 228 Å². The highest BCUT2D eigenvalue weighted by Crippen LogP contribution is 2.63. The van der Waals surface area contributed by atoms with E-state index in [0.29, 0.717) is 17.5 Å². The van der Waals surface area contributed by atoms with Gasteiger partial charge >= 0.3 is 0 Å². The van der Waals surface area contributed by atoms with E-state index in [4.69, 9.17) is 19.9 Å². The Morgan fingerprint density at radius 2 is 0.844 bits per heavy atom. The summed E-state index contributed by atoms with van der Waals surface area (Å²) in [5, 5.41) is 3.55. The molecule has 0 saturated heterocycles. The van der Waals surface area contributed by atoms with Gasteiger partial charge in [0.05, 0.1) is 16.6 Å². The molecular formula is C59H36N4S. The van der Waals surface area contributed by atoms with Crippen LogP contribution in [0.5, 0.6) is 0 Å². The van der Waals surface area contributed by atoms with Crippen LogP contribution < -0.4 is 0 Å². The highest BCUT2D eigenvalue weighted by Gasteiger charge is 2.50. The molecule has 11 aromatic rings. The van der Waals surface area contributed by atoms with Gasteiger partial charge in [-0.1, -0.05) is 212 Å². The topological polar surface area (TPSA) is 51.6 Å². The Morgan fingerprint density at radius 1 is 0.328 bits per heavy atom. The van der Waals surface area contributed by atoms with Crippen molar-refractivity contribution in [3.05, 3.63) is 241 Å². The van der Waals surface area contributed by atoms with Crippen molar-refractivity contribution in [3.63, 3.8) is 0 Å². The molecule has 13 rings (SSSR count). The van der Waals surface area contributed by atoms with E-state index < -0.39 is 5.41 Å². The van der Waals surface area contributed by atoms with Crippen LogP contribution in [0, 0.1) is 0 Å². The summed E-state index contributed by atoms with van der Waals surface area (Å²) in [6.07, 6.45) is 0. The normalized spacial score (nSPS) is 13.1. The maximum Gasteiger partial charge on any atom is 0.164 e. The van der Waals surface area contributed by atoms with Crippen molar-refractivity contribution in [1.29, 1.82) is 0 Å². The number of nitrogens with zero attached hydrogens (tertiary/aromatic N) is 4. The minimum absolute atomic E-state index is 0.456. The van der Waals surface area contributed by atoms with Gasteiger partial charge in [0.1, 0.15) is 0 Å². The third kappa shape index (κ3) is 5.57. The first-order valence-electron chi connectivity index (χ1n) is 21.6. The van der Waals surface area contributed by atoms with Gasteiger partial charge in [0.2, 0.25) is 0 Å². The minimum Gasteiger partial charge on any atom is -0.247 e. The van der Waals surface area contributed by atoms with Gasteiger partial charge in [-0.25, -0.2) is 19.9 Å². The average Bonchev–Trinajstić information content (AvgIpc) is 3.67. The molecule has 0 saturated carbocycles. The van der Waals surface area contributed by atoms with Crippen molar-refractivity contribution < 1.29 is 0 Å². The Morgan fingerprint density at radius 3 is 1.52 bits per heavy atom. The summed E-state index contributed by atoms with van der Waals surface area (Å²) in [7, 11) is 0. The summed E-state index contributed by atoms with van der Waals surface area (Å²) in [6, 6.07) is 78.0. The summed E-state index contributed by atoms with van der Waals surface area (Å²) in [5.41, 5.74) is 15.5. The molecule has 0 N–H and O–H groups in total. The SMILES string of the molecule is c1ccc(-c2nc(-c3ccccc3)nc(-c3ccc(-c4cccc(-c5nc6ccccc6c6c7c(ccc56)C5(c6ccccc6S7)c6ccccc6-c6ccccc65)c4)cc3)n2)cc1. The third-order valence-corrected chi connectivity index (χ3v) is 14.2. The van der Waals surface area contributed by atoms with E-state index in [1.54, 1.807) is 0 Å². The van der Waals surface area contributed by atoms with Crippen LogP contribution in [-0.2, 0) is 5.41 Å². The summed E-state index contributed by atoms with van der Waals surface area (Å²) in [6.45, 7) is 0. The number of fused-ring (bicyclic) bond motifs is 13. The van der Waals surface area contributed by atoms with Gasteiger partial charge in [0.25, 0.3) is 0 Å².